The third-order valence-electron chi connectivity index (χ3n) is 4.92. The van der Waals surface area contributed by atoms with Crippen LogP contribution in [-0.2, 0) is 6.42 Å². The quantitative estimate of drug-likeness (QED) is 0.629. The summed E-state index contributed by atoms with van der Waals surface area (Å²) in [5, 5.41) is 3.46. The first-order chi connectivity index (χ1) is 12.8. The van der Waals surface area contributed by atoms with E-state index >= 15 is 0 Å². The zero-order chi connectivity index (χ0) is 17.8. The highest BCUT2D eigenvalue weighted by Gasteiger charge is 2.14. The molecule has 2 aromatic carbocycles. The van der Waals surface area contributed by atoms with Crippen LogP contribution in [0.1, 0.15) is 28.8 Å². The highest BCUT2D eigenvalue weighted by molar-refractivity contribution is 7.15. The van der Waals surface area contributed by atoms with Gasteiger partial charge in [-0.1, -0.05) is 36.4 Å². The van der Waals surface area contributed by atoms with E-state index in [1.807, 2.05) is 11.3 Å². The molecular formula is C23H25NOS. The molecule has 0 amide bonds. The highest BCUT2D eigenvalue weighted by Crippen LogP contribution is 2.28. The molecule has 0 saturated carbocycles. The fourth-order valence-electron chi connectivity index (χ4n) is 3.41. The van der Waals surface area contributed by atoms with Gasteiger partial charge in [0.15, 0.2) is 0 Å². The minimum atomic E-state index is 0.514. The lowest BCUT2D eigenvalue weighted by atomic mass is 10.0. The summed E-state index contributed by atoms with van der Waals surface area (Å²) >= 11 is 1.85. The van der Waals surface area contributed by atoms with Crippen molar-refractivity contribution in [2.24, 2.45) is 0 Å². The molecule has 1 N–H and O–H groups in total. The van der Waals surface area contributed by atoms with Gasteiger partial charge in [-0.2, -0.15) is 0 Å². The molecule has 4 rings (SSSR count). The molecule has 1 fully saturated rings. The van der Waals surface area contributed by atoms with Crippen LogP contribution in [0.15, 0.2) is 60.7 Å². The Bertz CT molecular complexity index is 829. The lowest BCUT2D eigenvalue weighted by Gasteiger charge is -2.12. The summed E-state index contributed by atoms with van der Waals surface area (Å²) in [6.07, 6.45) is 3.44. The van der Waals surface area contributed by atoms with Crippen LogP contribution in [0.3, 0.4) is 0 Å². The van der Waals surface area contributed by atoms with E-state index in [0.717, 1.165) is 25.3 Å². The standard InChI is InChI=1S/C23H25NOS/c1-17-4-13-23(26-17)20-9-5-18(6-10-20)15-19-7-11-22(12-8-19)25-16-21-3-2-14-24-21/h4-13,21,24H,2-3,14-16H2,1H3/t21-/m1/s1. The van der Waals surface area contributed by atoms with Crippen LogP contribution in [0.4, 0.5) is 0 Å². The van der Waals surface area contributed by atoms with Crippen molar-refractivity contribution in [2.75, 3.05) is 13.2 Å². The van der Waals surface area contributed by atoms with Crippen molar-refractivity contribution in [3.8, 4) is 16.2 Å². The van der Waals surface area contributed by atoms with Crippen molar-refractivity contribution >= 4 is 11.3 Å². The minimum Gasteiger partial charge on any atom is -0.492 e. The van der Waals surface area contributed by atoms with Gasteiger partial charge < -0.3 is 10.1 Å². The molecule has 0 aliphatic carbocycles. The van der Waals surface area contributed by atoms with Gasteiger partial charge in [0, 0.05) is 15.8 Å². The Morgan fingerprint density at radius 1 is 0.962 bits per heavy atom. The molecule has 3 heteroatoms. The molecule has 1 aliphatic heterocycles. The fraction of sp³-hybridized carbons (Fsp3) is 0.304. The monoisotopic (exact) mass is 363 g/mol. The Hall–Kier alpha value is -2.10. The number of hydrogen-bond donors (Lipinski definition) is 1. The Kier molecular flexibility index (Phi) is 5.37. The van der Waals surface area contributed by atoms with E-state index in [1.165, 1.54) is 39.3 Å². The van der Waals surface area contributed by atoms with Crippen LogP contribution in [-0.4, -0.2) is 19.2 Å². The summed E-state index contributed by atoms with van der Waals surface area (Å²) in [6, 6.07) is 22.4. The second kappa shape index (κ2) is 8.07. The zero-order valence-electron chi connectivity index (χ0n) is 15.2. The van der Waals surface area contributed by atoms with E-state index in [1.54, 1.807) is 0 Å². The van der Waals surface area contributed by atoms with E-state index < -0.39 is 0 Å². The summed E-state index contributed by atoms with van der Waals surface area (Å²) in [5.41, 5.74) is 3.96. The van der Waals surface area contributed by atoms with Crippen molar-refractivity contribution in [3.63, 3.8) is 0 Å². The predicted octanol–water partition coefficient (Wildman–Crippen LogP) is 5.45. The van der Waals surface area contributed by atoms with E-state index in [2.05, 4.69) is 72.9 Å². The van der Waals surface area contributed by atoms with E-state index in [-0.39, 0.29) is 0 Å². The summed E-state index contributed by atoms with van der Waals surface area (Å²) in [7, 11) is 0. The Morgan fingerprint density at radius 3 is 2.31 bits per heavy atom. The number of hydrogen-bond acceptors (Lipinski definition) is 3. The van der Waals surface area contributed by atoms with Gasteiger partial charge in [0.05, 0.1) is 0 Å². The molecule has 134 valence electrons. The summed E-state index contributed by atoms with van der Waals surface area (Å²) in [6.45, 7) is 4.04. The molecule has 2 heterocycles. The lowest BCUT2D eigenvalue weighted by Crippen LogP contribution is -2.28. The Labute approximate surface area is 159 Å². The molecule has 0 radical (unpaired) electrons. The van der Waals surface area contributed by atoms with Crippen LogP contribution < -0.4 is 10.1 Å². The first-order valence-electron chi connectivity index (χ1n) is 9.37. The largest absolute Gasteiger partial charge is 0.492 e. The van der Waals surface area contributed by atoms with Gasteiger partial charge >= 0.3 is 0 Å². The molecule has 0 bridgehead atoms. The number of aryl methyl sites for hydroxylation is 1. The second-order valence-corrected chi connectivity index (χ2v) is 8.32. The molecule has 0 spiro atoms. The first kappa shape index (κ1) is 17.3. The SMILES string of the molecule is Cc1ccc(-c2ccc(Cc3ccc(OC[C@H]4CCCN4)cc3)cc2)s1. The lowest BCUT2D eigenvalue weighted by molar-refractivity contribution is 0.277. The average Bonchev–Trinajstić information content (AvgIpc) is 3.34. The molecule has 1 atom stereocenters. The predicted molar refractivity (Wildman–Crippen MR) is 110 cm³/mol. The third kappa shape index (κ3) is 4.35. The molecule has 0 unspecified atom stereocenters. The summed E-state index contributed by atoms with van der Waals surface area (Å²) < 4.78 is 5.90. The smallest absolute Gasteiger partial charge is 0.119 e. The number of nitrogens with one attached hydrogen (secondary N) is 1. The van der Waals surface area contributed by atoms with Crippen LogP contribution in [0.2, 0.25) is 0 Å². The number of thiophene rings is 1. The molecule has 1 saturated heterocycles. The van der Waals surface area contributed by atoms with Crippen LogP contribution >= 0.6 is 11.3 Å². The molecule has 2 nitrogen and oxygen atoms in total. The van der Waals surface area contributed by atoms with Gasteiger partial charge in [-0.3, -0.25) is 0 Å². The molecule has 1 aromatic heterocycles. The Morgan fingerprint density at radius 2 is 1.69 bits per heavy atom. The van der Waals surface area contributed by atoms with Gasteiger partial charge in [-0.05, 0) is 73.7 Å². The van der Waals surface area contributed by atoms with Gasteiger partial charge in [-0.25, -0.2) is 0 Å². The van der Waals surface area contributed by atoms with Crippen LogP contribution in [0.25, 0.3) is 10.4 Å². The average molecular weight is 364 g/mol. The molecular weight excluding hydrogens is 338 g/mol. The van der Waals surface area contributed by atoms with Crippen LogP contribution in [0.5, 0.6) is 5.75 Å². The maximum absolute atomic E-state index is 5.90. The van der Waals surface area contributed by atoms with Crippen molar-refractivity contribution < 1.29 is 4.74 Å². The van der Waals surface area contributed by atoms with Gasteiger partial charge in [0.25, 0.3) is 0 Å². The van der Waals surface area contributed by atoms with Crippen molar-refractivity contribution in [1.29, 1.82) is 0 Å². The Balaban J connectivity index is 1.34. The van der Waals surface area contributed by atoms with E-state index in [0.29, 0.717) is 6.04 Å². The summed E-state index contributed by atoms with van der Waals surface area (Å²) in [4.78, 5) is 2.70. The van der Waals surface area contributed by atoms with Crippen LogP contribution in [0, 0.1) is 6.92 Å². The van der Waals surface area contributed by atoms with Crippen molar-refractivity contribution in [2.45, 2.75) is 32.2 Å². The summed E-state index contributed by atoms with van der Waals surface area (Å²) in [5.74, 6) is 0.964. The topological polar surface area (TPSA) is 21.3 Å². The van der Waals surface area contributed by atoms with Gasteiger partial charge in [0.1, 0.15) is 12.4 Å². The highest BCUT2D eigenvalue weighted by atomic mass is 32.1. The minimum absolute atomic E-state index is 0.514. The van der Waals surface area contributed by atoms with Gasteiger partial charge in [0.2, 0.25) is 0 Å². The zero-order valence-corrected chi connectivity index (χ0v) is 16.0. The number of rotatable bonds is 6. The van der Waals surface area contributed by atoms with Crippen molar-refractivity contribution in [1.82, 2.24) is 5.32 Å². The second-order valence-electron chi connectivity index (χ2n) is 7.03. The maximum Gasteiger partial charge on any atom is 0.119 e. The fourth-order valence-corrected chi connectivity index (χ4v) is 4.28. The molecule has 1 aliphatic rings. The van der Waals surface area contributed by atoms with Crippen molar-refractivity contribution in [3.05, 3.63) is 76.7 Å². The van der Waals surface area contributed by atoms with E-state index in [4.69, 9.17) is 4.74 Å². The third-order valence-corrected chi connectivity index (χ3v) is 5.97. The molecule has 26 heavy (non-hydrogen) atoms. The number of ether oxygens (including phenoxy) is 1. The first-order valence-corrected chi connectivity index (χ1v) is 10.2. The molecule has 3 aromatic rings. The normalized spacial score (nSPS) is 16.7. The van der Waals surface area contributed by atoms with E-state index in [9.17, 15) is 0 Å². The number of benzene rings is 2. The maximum atomic E-state index is 5.90. The van der Waals surface area contributed by atoms with Gasteiger partial charge in [-0.15, -0.1) is 11.3 Å².